The van der Waals surface area contributed by atoms with Gasteiger partial charge in [-0.05, 0) is 36.2 Å². The Balaban J connectivity index is 1.93. The number of nitrogens with one attached hydrogen (secondary N) is 1. The molecule has 106 valence electrons. The van der Waals surface area contributed by atoms with Crippen LogP contribution in [0.3, 0.4) is 0 Å². The van der Waals surface area contributed by atoms with Crippen LogP contribution in [0, 0.1) is 6.92 Å². The number of halogens is 2. The Labute approximate surface area is 130 Å². The van der Waals surface area contributed by atoms with Gasteiger partial charge in [-0.2, -0.15) is 15.0 Å². The van der Waals surface area contributed by atoms with Gasteiger partial charge >= 0.3 is 0 Å². The number of hydrogen-bond acceptors (Lipinski definition) is 5. The molecule has 0 radical (unpaired) electrons. The summed E-state index contributed by atoms with van der Waals surface area (Å²) >= 11 is 12.0. The molecule has 0 aliphatic rings. The Morgan fingerprint density at radius 1 is 1.14 bits per heavy atom. The number of imidazole rings is 1. The highest BCUT2D eigenvalue weighted by molar-refractivity contribution is 6.31. The molecular weight excluding hydrogens is 311 g/mol. The van der Waals surface area contributed by atoms with Gasteiger partial charge < -0.3 is 5.32 Å². The molecule has 0 aliphatic carbocycles. The number of benzene rings is 1. The van der Waals surface area contributed by atoms with E-state index in [0.717, 1.165) is 11.3 Å². The summed E-state index contributed by atoms with van der Waals surface area (Å²) in [5.41, 5.74) is 1.76. The minimum absolute atomic E-state index is 0.0920. The molecule has 1 N–H and O–H groups in total. The number of nitrogens with zero attached hydrogens (tertiary/aromatic N) is 5. The zero-order valence-corrected chi connectivity index (χ0v) is 12.5. The van der Waals surface area contributed by atoms with Gasteiger partial charge in [0.05, 0.1) is 0 Å². The van der Waals surface area contributed by atoms with Gasteiger partial charge in [0.15, 0.2) is 0 Å². The van der Waals surface area contributed by atoms with Crippen LogP contribution >= 0.6 is 23.2 Å². The predicted molar refractivity (Wildman–Crippen MR) is 81.4 cm³/mol. The van der Waals surface area contributed by atoms with Crippen LogP contribution in [0.1, 0.15) is 5.56 Å². The van der Waals surface area contributed by atoms with Gasteiger partial charge in [-0.25, -0.2) is 4.98 Å². The Kier molecular flexibility index (Phi) is 3.72. The van der Waals surface area contributed by atoms with Gasteiger partial charge in [0.25, 0.3) is 0 Å². The quantitative estimate of drug-likeness (QED) is 0.800. The van der Waals surface area contributed by atoms with E-state index in [9.17, 15) is 0 Å². The number of anilines is 2. The van der Waals surface area contributed by atoms with Gasteiger partial charge in [-0.3, -0.25) is 4.57 Å². The van der Waals surface area contributed by atoms with E-state index in [1.54, 1.807) is 29.4 Å². The predicted octanol–water partition coefficient (Wildman–Crippen LogP) is 3.42. The second-order valence-electron chi connectivity index (χ2n) is 4.29. The lowest BCUT2D eigenvalue weighted by molar-refractivity contribution is 0.899. The van der Waals surface area contributed by atoms with E-state index in [1.807, 2.05) is 19.1 Å². The number of aryl methyl sites for hydroxylation is 1. The first kappa shape index (κ1) is 13.8. The molecule has 3 aromatic rings. The lowest BCUT2D eigenvalue weighted by atomic mass is 10.2. The van der Waals surface area contributed by atoms with Crippen molar-refractivity contribution in [2.24, 2.45) is 0 Å². The molecule has 2 heterocycles. The minimum atomic E-state index is 0.0920. The molecule has 0 unspecified atom stereocenters. The van der Waals surface area contributed by atoms with E-state index in [-0.39, 0.29) is 5.28 Å². The van der Waals surface area contributed by atoms with Gasteiger partial charge in [0.2, 0.25) is 17.2 Å². The fourth-order valence-electron chi connectivity index (χ4n) is 1.69. The Morgan fingerprint density at radius 3 is 2.71 bits per heavy atom. The highest BCUT2D eigenvalue weighted by atomic mass is 35.5. The molecule has 3 rings (SSSR count). The van der Waals surface area contributed by atoms with Crippen molar-refractivity contribution >= 4 is 34.8 Å². The summed E-state index contributed by atoms with van der Waals surface area (Å²) in [6, 6.07) is 5.59. The van der Waals surface area contributed by atoms with Crippen molar-refractivity contribution in [2.75, 3.05) is 5.32 Å². The maximum Gasteiger partial charge on any atom is 0.241 e. The Morgan fingerprint density at radius 2 is 2.00 bits per heavy atom. The van der Waals surface area contributed by atoms with Crippen LogP contribution in [0.5, 0.6) is 0 Å². The summed E-state index contributed by atoms with van der Waals surface area (Å²) in [5.74, 6) is 0.715. The van der Waals surface area contributed by atoms with Crippen molar-refractivity contribution in [2.45, 2.75) is 6.92 Å². The molecule has 21 heavy (non-hydrogen) atoms. The van der Waals surface area contributed by atoms with E-state index >= 15 is 0 Å². The fraction of sp³-hybridized carbons (Fsp3) is 0.0769. The van der Waals surface area contributed by atoms with E-state index < -0.39 is 0 Å². The maximum atomic E-state index is 6.09. The second-order valence-corrected chi connectivity index (χ2v) is 5.03. The summed E-state index contributed by atoms with van der Waals surface area (Å²) in [7, 11) is 0. The van der Waals surface area contributed by atoms with Crippen molar-refractivity contribution in [1.29, 1.82) is 0 Å². The highest BCUT2D eigenvalue weighted by Gasteiger charge is 2.07. The zero-order valence-electron chi connectivity index (χ0n) is 11.0. The lowest BCUT2D eigenvalue weighted by Crippen LogP contribution is -2.05. The Hall–Kier alpha value is -2.18. The summed E-state index contributed by atoms with van der Waals surface area (Å²) in [4.78, 5) is 16.3. The van der Waals surface area contributed by atoms with E-state index in [2.05, 4.69) is 25.3 Å². The van der Waals surface area contributed by atoms with Crippen molar-refractivity contribution in [1.82, 2.24) is 24.5 Å². The number of hydrogen-bond donors (Lipinski definition) is 1. The Bertz CT molecular complexity index is 772. The topological polar surface area (TPSA) is 68.5 Å². The number of aromatic nitrogens is 5. The third-order valence-corrected chi connectivity index (χ3v) is 3.34. The molecule has 6 nitrogen and oxygen atoms in total. The largest absolute Gasteiger partial charge is 0.324 e. The SMILES string of the molecule is Cc1ccc(Nc2nc(Cl)nc(-n3ccnc3)n2)cc1Cl. The standard InChI is InChI=1S/C13H10Cl2N6/c1-8-2-3-9(6-10(8)14)17-12-18-11(15)19-13(20-12)21-5-4-16-7-21/h2-7H,1H3,(H,17,18,19,20). The maximum absolute atomic E-state index is 6.09. The van der Waals surface area contributed by atoms with Crippen LogP contribution < -0.4 is 5.32 Å². The molecule has 0 fully saturated rings. The van der Waals surface area contributed by atoms with Gasteiger partial charge in [0.1, 0.15) is 6.33 Å². The normalized spacial score (nSPS) is 10.6. The van der Waals surface area contributed by atoms with Crippen molar-refractivity contribution in [3.05, 3.63) is 52.8 Å². The fourth-order valence-corrected chi connectivity index (χ4v) is 2.02. The van der Waals surface area contributed by atoms with Crippen molar-refractivity contribution in [3.63, 3.8) is 0 Å². The average Bonchev–Trinajstić information content (AvgIpc) is 2.96. The van der Waals surface area contributed by atoms with Crippen molar-refractivity contribution in [3.8, 4) is 5.95 Å². The third-order valence-electron chi connectivity index (χ3n) is 2.76. The summed E-state index contributed by atoms with van der Waals surface area (Å²) in [6.07, 6.45) is 4.93. The molecular formula is C13H10Cl2N6. The average molecular weight is 321 g/mol. The first-order chi connectivity index (χ1) is 10.1. The van der Waals surface area contributed by atoms with Crippen LogP contribution in [0.15, 0.2) is 36.9 Å². The molecule has 8 heteroatoms. The number of rotatable bonds is 3. The lowest BCUT2D eigenvalue weighted by Gasteiger charge is -2.08. The molecule has 0 amide bonds. The second kappa shape index (κ2) is 5.67. The summed E-state index contributed by atoms with van der Waals surface area (Å²) in [5, 5.41) is 3.80. The van der Waals surface area contributed by atoms with E-state index in [4.69, 9.17) is 23.2 Å². The van der Waals surface area contributed by atoms with E-state index in [0.29, 0.717) is 16.9 Å². The van der Waals surface area contributed by atoms with Gasteiger partial charge in [0, 0.05) is 23.1 Å². The first-order valence-corrected chi connectivity index (χ1v) is 6.80. The van der Waals surface area contributed by atoms with Crippen LogP contribution in [-0.2, 0) is 0 Å². The zero-order chi connectivity index (χ0) is 14.8. The summed E-state index contributed by atoms with van der Waals surface area (Å²) < 4.78 is 1.64. The van der Waals surface area contributed by atoms with Crippen molar-refractivity contribution < 1.29 is 0 Å². The summed E-state index contributed by atoms with van der Waals surface area (Å²) in [6.45, 7) is 1.93. The molecule has 2 aromatic heterocycles. The molecule has 0 saturated heterocycles. The molecule has 0 bridgehead atoms. The monoisotopic (exact) mass is 320 g/mol. The van der Waals surface area contributed by atoms with E-state index in [1.165, 1.54) is 0 Å². The molecule has 0 aliphatic heterocycles. The van der Waals surface area contributed by atoms with Crippen LogP contribution in [0.25, 0.3) is 5.95 Å². The van der Waals surface area contributed by atoms with Crippen LogP contribution in [0.2, 0.25) is 10.3 Å². The van der Waals surface area contributed by atoms with Crippen LogP contribution in [0.4, 0.5) is 11.6 Å². The highest BCUT2D eigenvalue weighted by Crippen LogP contribution is 2.22. The van der Waals surface area contributed by atoms with Crippen LogP contribution in [-0.4, -0.2) is 24.5 Å². The third kappa shape index (κ3) is 3.12. The first-order valence-electron chi connectivity index (χ1n) is 6.05. The molecule has 0 atom stereocenters. The molecule has 0 saturated carbocycles. The van der Waals surface area contributed by atoms with Gasteiger partial charge in [-0.1, -0.05) is 17.7 Å². The molecule has 0 spiro atoms. The molecule has 1 aromatic carbocycles. The smallest absolute Gasteiger partial charge is 0.241 e. The van der Waals surface area contributed by atoms with Gasteiger partial charge in [-0.15, -0.1) is 0 Å². The minimum Gasteiger partial charge on any atom is -0.324 e.